The van der Waals surface area contributed by atoms with Gasteiger partial charge in [-0.2, -0.15) is 18.3 Å². The van der Waals surface area contributed by atoms with Crippen molar-refractivity contribution in [2.24, 2.45) is 0 Å². The number of nitrogens with zero attached hydrogens (tertiary/aromatic N) is 3. The molecule has 11 heteroatoms. The van der Waals surface area contributed by atoms with Crippen molar-refractivity contribution in [1.29, 1.82) is 0 Å². The Hall–Kier alpha value is -3.86. The van der Waals surface area contributed by atoms with Gasteiger partial charge in [0.05, 0.1) is 29.4 Å². The van der Waals surface area contributed by atoms with Gasteiger partial charge in [-0.3, -0.25) is 9.89 Å². The molecule has 0 saturated heterocycles. The van der Waals surface area contributed by atoms with Crippen molar-refractivity contribution in [2.45, 2.75) is 38.1 Å². The molecule has 1 aromatic heterocycles. The van der Waals surface area contributed by atoms with Gasteiger partial charge in [0.2, 0.25) is 0 Å². The number of carbonyl (C=O) groups excluding carboxylic acids is 2. The van der Waals surface area contributed by atoms with Crippen LogP contribution in [0.15, 0.2) is 54.6 Å². The van der Waals surface area contributed by atoms with Gasteiger partial charge in [-0.25, -0.2) is 4.79 Å². The number of rotatable bonds is 6. The number of aromatic nitrogens is 2. The molecule has 1 atom stereocenters. The summed E-state index contributed by atoms with van der Waals surface area (Å²) in [7, 11) is 3.87. The second kappa shape index (κ2) is 9.89. The molecule has 0 fully saturated rings. The lowest BCUT2D eigenvalue weighted by Gasteiger charge is -2.34. The minimum atomic E-state index is -4.49. The van der Waals surface area contributed by atoms with E-state index in [1.807, 2.05) is 63.2 Å². The van der Waals surface area contributed by atoms with Crippen LogP contribution in [0.5, 0.6) is 0 Å². The zero-order valence-electron chi connectivity index (χ0n) is 21.0. The zero-order valence-corrected chi connectivity index (χ0v) is 21.0. The number of anilines is 1. The van der Waals surface area contributed by atoms with E-state index in [0.717, 1.165) is 29.8 Å². The number of likely N-dealkylation sites (N-methyl/N-ethyl adjacent to an activating group) is 1. The summed E-state index contributed by atoms with van der Waals surface area (Å²) < 4.78 is 38.5. The third kappa shape index (κ3) is 5.46. The molecule has 1 aliphatic heterocycles. The van der Waals surface area contributed by atoms with Crippen molar-refractivity contribution in [3.8, 4) is 0 Å². The standard InChI is InChI=1S/C26H29F3N6O2/c1-25(2)21-19(14-35(25)24(37)30-20(15-34(3)4)16-8-6-5-7-9-16)22(33-32-21)31-23(36)17-10-12-18(13-11-17)26(27,28)29/h5-13,20H,14-15H2,1-4H3,(H,30,37)(H2,31,32,33,36)/t20-/m1/s1. The highest BCUT2D eigenvalue weighted by atomic mass is 19.4. The fourth-order valence-corrected chi connectivity index (χ4v) is 4.45. The van der Waals surface area contributed by atoms with Crippen molar-refractivity contribution < 1.29 is 22.8 Å². The van der Waals surface area contributed by atoms with Crippen LogP contribution in [0.25, 0.3) is 0 Å². The fraction of sp³-hybridized carbons (Fsp3) is 0.346. The molecule has 2 aromatic carbocycles. The maximum absolute atomic E-state index is 13.4. The third-order valence-corrected chi connectivity index (χ3v) is 6.47. The lowest BCUT2D eigenvalue weighted by molar-refractivity contribution is -0.137. The number of carbonyl (C=O) groups is 2. The molecule has 196 valence electrons. The molecular formula is C26H29F3N6O2. The normalized spacial score (nSPS) is 15.4. The van der Waals surface area contributed by atoms with E-state index in [1.54, 1.807) is 4.90 Å². The van der Waals surface area contributed by atoms with Crippen LogP contribution in [-0.2, 0) is 18.3 Å². The highest BCUT2D eigenvalue weighted by Gasteiger charge is 2.44. The molecule has 0 spiro atoms. The molecule has 0 aliphatic carbocycles. The molecule has 3 aromatic rings. The molecule has 0 bridgehead atoms. The van der Waals surface area contributed by atoms with Crippen LogP contribution < -0.4 is 10.6 Å². The Morgan fingerprint density at radius 1 is 1.11 bits per heavy atom. The van der Waals surface area contributed by atoms with Gasteiger partial charge in [-0.1, -0.05) is 30.3 Å². The average Bonchev–Trinajstić information content (AvgIpc) is 3.36. The van der Waals surface area contributed by atoms with E-state index in [1.165, 1.54) is 0 Å². The lowest BCUT2D eigenvalue weighted by atomic mass is 10.0. The summed E-state index contributed by atoms with van der Waals surface area (Å²) in [6.45, 7) is 4.55. The number of aromatic amines is 1. The summed E-state index contributed by atoms with van der Waals surface area (Å²) in [5.74, 6) is -0.366. The number of benzene rings is 2. The van der Waals surface area contributed by atoms with E-state index in [0.29, 0.717) is 17.8 Å². The summed E-state index contributed by atoms with van der Waals surface area (Å²) in [5.41, 5.74) is 0.773. The molecule has 37 heavy (non-hydrogen) atoms. The lowest BCUT2D eigenvalue weighted by Crippen LogP contribution is -2.48. The second-order valence-corrected chi connectivity index (χ2v) is 9.78. The van der Waals surface area contributed by atoms with Crippen LogP contribution in [0.2, 0.25) is 0 Å². The Morgan fingerprint density at radius 2 is 1.76 bits per heavy atom. The van der Waals surface area contributed by atoms with Crippen LogP contribution in [0, 0.1) is 0 Å². The van der Waals surface area contributed by atoms with Crippen LogP contribution in [-0.4, -0.2) is 52.6 Å². The molecule has 0 unspecified atom stereocenters. The first kappa shape index (κ1) is 26.2. The fourth-order valence-electron chi connectivity index (χ4n) is 4.45. The Bertz CT molecular complexity index is 1270. The number of urea groups is 1. The SMILES string of the molecule is CN(C)C[C@@H](NC(=O)N1Cc2c(NC(=O)c3ccc(C(F)(F)F)cc3)n[nH]c2C1(C)C)c1ccccc1. The molecule has 0 saturated carbocycles. The van der Waals surface area contributed by atoms with Gasteiger partial charge in [0.1, 0.15) is 0 Å². The second-order valence-electron chi connectivity index (χ2n) is 9.78. The van der Waals surface area contributed by atoms with E-state index < -0.39 is 23.2 Å². The Labute approximate surface area is 212 Å². The predicted molar refractivity (Wildman–Crippen MR) is 133 cm³/mol. The Kier molecular flexibility index (Phi) is 7.00. The Balaban J connectivity index is 1.50. The quantitative estimate of drug-likeness (QED) is 0.443. The summed E-state index contributed by atoms with van der Waals surface area (Å²) in [6, 6.07) is 13.1. The van der Waals surface area contributed by atoms with Crippen LogP contribution in [0.1, 0.15) is 52.6 Å². The van der Waals surface area contributed by atoms with Gasteiger partial charge in [-0.15, -0.1) is 0 Å². The van der Waals surface area contributed by atoms with Gasteiger partial charge in [0.25, 0.3) is 5.91 Å². The minimum absolute atomic E-state index is 0.0611. The van der Waals surface area contributed by atoms with Gasteiger partial charge >= 0.3 is 12.2 Å². The minimum Gasteiger partial charge on any atom is -0.330 e. The number of hydrogen-bond acceptors (Lipinski definition) is 4. The third-order valence-electron chi connectivity index (χ3n) is 6.47. The summed E-state index contributed by atoms with van der Waals surface area (Å²) in [6.07, 6.45) is -4.49. The maximum atomic E-state index is 13.4. The number of halogens is 3. The first-order valence-electron chi connectivity index (χ1n) is 11.7. The number of alkyl halides is 3. The topological polar surface area (TPSA) is 93.4 Å². The van der Waals surface area contributed by atoms with Crippen LogP contribution >= 0.6 is 0 Å². The number of hydrogen-bond donors (Lipinski definition) is 3. The van der Waals surface area contributed by atoms with Crippen molar-refractivity contribution in [3.63, 3.8) is 0 Å². The predicted octanol–water partition coefficient (Wildman–Crippen LogP) is 4.74. The number of fused-ring (bicyclic) bond motifs is 1. The largest absolute Gasteiger partial charge is 0.416 e. The van der Waals surface area contributed by atoms with E-state index >= 15 is 0 Å². The highest BCUT2D eigenvalue weighted by molar-refractivity contribution is 6.04. The number of H-pyrrole nitrogens is 1. The maximum Gasteiger partial charge on any atom is 0.416 e. The highest BCUT2D eigenvalue weighted by Crippen LogP contribution is 2.40. The van der Waals surface area contributed by atoms with E-state index in [-0.39, 0.29) is 30.0 Å². The number of nitrogens with one attached hydrogen (secondary N) is 3. The molecular weight excluding hydrogens is 485 g/mol. The van der Waals surface area contributed by atoms with Gasteiger partial charge in [-0.05, 0) is 57.8 Å². The van der Waals surface area contributed by atoms with Crippen LogP contribution in [0.3, 0.4) is 0 Å². The van der Waals surface area contributed by atoms with Gasteiger partial charge in [0.15, 0.2) is 5.82 Å². The smallest absolute Gasteiger partial charge is 0.330 e. The summed E-state index contributed by atoms with van der Waals surface area (Å²) in [5, 5.41) is 12.9. The summed E-state index contributed by atoms with van der Waals surface area (Å²) >= 11 is 0. The van der Waals surface area contributed by atoms with E-state index in [2.05, 4.69) is 20.8 Å². The van der Waals surface area contributed by atoms with E-state index in [4.69, 9.17) is 0 Å². The molecule has 1 aliphatic rings. The molecule has 3 N–H and O–H groups in total. The Morgan fingerprint density at radius 3 is 2.35 bits per heavy atom. The van der Waals surface area contributed by atoms with Crippen molar-refractivity contribution in [3.05, 3.63) is 82.5 Å². The summed E-state index contributed by atoms with van der Waals surface area (Å²) in [4.78, 5) is 29.8. The molecule has 4 rings (SSSR count). The van der Waals surface area contributed by atoms with Crippen molar-refractivity contribution in [2.75, 3.05) is 26.0 Å². The number of amides is 3. The van der Waals surface area contributed by atoms with E-state index in [9.17, 15) is 22.8 Å². The molecule has 8 nitrogen and oxygen atoms in total. The molecule has 3 amide bonds. The zero-order chi connectivity index (χ0) is 27.0. The first-order valence-corrected chi connectivity index (χ1v) is 11.7. The average molecular weight is 515 g/mol. The van der Waals surface area contributed by atoms with Gasteiger partial charge in [0, 0.05) is 17.7 Å². The monoisotopic (exact) mass is 514 g/mol. The van der Waals surface area contributed by atoms with Crippen molar-refractivity contribution in [1.82, 2.24) is 25.3 Å². The first-order chi connectivity index (χ1) is 17.4. The molecule has 0 radical (unpaired) electrons. The van der Waals surface area contributed by atoms with Gasteiger partial charge < -0.3 is 20.4 Å². The van der Waals surface area contributed by atoms with Crippen molar-refractivity contribution >= 4 is 17.8 Å². The molecule has 2 heterocycles. The van der Waals surface area contributed by atoms with Crippen LogP contribution in [0.4, 0.5) is 23.8 Å².